The average molecular weight is 214 g/mol. The molecule has 3 atom stereocenters. The molecule has 88 valence electrons. The molecule has 1 aliphatic rings. The Bertz CT molecular complexity index is 209. The fraction of sp³-hybridized carbons (Fsp3) is 0.909. The zero-order valence-electron chi connectivity index (χ0n) is 9.90. The molecular formula is C11H22N2O2. The minimum absolute atomic E-state index is 0.102. The van der Waals surface area contributed by atoms with Gasteiger partial charge >= 0.3 is 0 Å². The summed E-state index contributed by atoms with van der Waals surface area (Å²) in [6.07, 6.45) is 1.61. The lowest BCUT2D eigenvalue weighted by atomic mass is 10.1. The number of rotatable bonds is 3. The molecule has 1 heterocycles. The van der Waals surface area contributed by atoms with Gasteiger partial charge in [-0.2, -0.15) is 0 Å². The van der Waals surface area contributed by atoms with Crippen LogP contribution in [0.4, 0.5) is 0 Å². The van der Waals surface area contributed by atoms with Crippen molar-refractivity contribution in [1.29, 1.82) is 0 Å². The van der Waals surface area contributed by atoms with Crippen LogP contribution in [0.3, 0.4) is 0 Å². The van der Waals surface area contributed by atoms with E-state index >= 15 is 0 Å². The summed E-state index contributed by atoms with van der Waals surface area (Å²) in [5.41, 5.74) is 5.63. The zero-order chi connectivity index (χ0) is 11.4. The average Bonchev–Trinajstić information content (AvgIpc) is 2.12. The van der Waals surface area contributed by atoms with Gasteiger partial charge in [0.1, 0.15) is 0 Å². The molecule has 2 N–H and O–H groups in total. The maximum Gasteiger partial charge on any atom is 0.222 e. The third-order valence-electron chi connectivity index (χ3n) is 2.59. The molecule has 1 amide bonds. The van der Waals surface area contributed by atoms with E-state index in [0.717, 1.165) is 6.42 Å². The summed E-state index contributed by atoms with van der Waals surface area (Å²) in [4.78, 5) is 13.7. The lowest BCUT2D eigenvalue weighted by molar-refractivity contribution is -0.143. The Labute approximate surface area is 91.8 Å². The molecule has 4 heteroatoms. The van der Waals surface area contributed by atoms with Crippen LogP contribution in [0.5, 0.6) is 0 Å². The van der Waals surface area contributed by atoms with E-state index in [1.807, 2.05) is 25.7 Å². The van der Waals surface area contributed by atoms with Gasteiger partial charge in [-0.25, -0.2) is 0 Å². The third-order valence-corrected chi connectivity index (χ3v) is 2.59. The highest BCUT2D eigenvalue weighted by molar-refractivity contribution is 5.76. The molecule has 1 aliphatic heterocycles. The zero-order valence-corrected chi connectivity index (χ0v) is 9.90. The van der Waals surface area contributed by atoms with Gasteiger partial charge in [0.25, 0.3) is 0 Å². The van der Waals surface area contributed by atoms with E-state index in [1.54, 1.807) is 0 Å². The first-order valence-corrected chi connectivity index (χ1v) is 5.68. The van der Waals surface area contributed by atoms with Gasteiger partial charge < -0.3 is 15.4 Å². The van der Waals surface area contributed by atoms with Crippen molar-refractivity contribution in [3.05, 3.63) is 0 Å². The van der Waals surface area contributed by atoms with Crippen LogP contribution in [-0.4, -0.2) is 42.1 Å². The summed E-state index contributed by atoms with van der Waals surface area (Å²) in [7, 11) is 0. The molecular weight excluding hydrogens is 192 g/mol. The van der Waals surface area contributed by atoms with E-state index < -0.39 is 0 Å². The van der Waals surface area contributed by atoms with E-state index in [0.29, 0.717) is 19.5 Å². The lowest BCUT2D eigenvalue weighted by Crippen LogP contribution is -2.48. The topological polar surface area (TPSA) is 55.6 Å². The SMILES string of the molecule is CC(N)CCC(=O)N1CC(C)OC(C)C1. The van der Waals surface area contributed by atoms with Crippen molar-refractivity contribution in [2.75, 3.05) is 13.1 Å². The number of ether oxygens (including phenoxy) is 1. The van der Waals surface area contributed by atoms with Crippen LogP contribution in [0.1, 0.15) is 33.6 Å². The Balaban J connectivity index is 2.38. The maximum absolute atomic E-state index is 11.8. The molecule has 0 aromatic heterocycles. The van der Waals surface area contributed by atoms with Crippen LogP contribution < -0.4 is 5.73 Å². The van der Waals surface area contributed by atoms with Gasteiger partial charge in [0.15, 0.2) is 0 Å². The van der Waals surface area contributed by atoms with E-state index in [2.05, 4.69) is 0 Å². The summed E-state index contributed by atoms with van der Waals surface area (Å²) < 4.78 is 5.57. The summed E-state index contributed by atoms with van der Waals surface area (Å²) >= 11 is 0. The van der Waals surface area contributed by atoms with Crippen LogP contribution in [0.15, 0.2) is 0 Å². The number of morpholine rings is 1. The molecule has 0 radical (unpaired) electrons. The molecule has 0 spiro atoms. The van der Waals surface area contributed by atoms with Crippen molar-refractivity contribution < 1.29 is 9.53 Å². The largest absolute Gasteiger partial charge is 0.372 e. The van der Waals surface area contributed by atoms with E-state index in [4.69, 9.17) is 10.5 Å². The second-order valence-electron chi connectivity index (χ2n) is 4.57. The van der Waals surface area contributed by atoms with Crippen molar-refractivity contribution in [3.63, 3.8) is 0 Å². The third kappa shape index (κ3) is 4.18. The van der Waals surface area contributed by atoms with Crippen LogP contribution in [0.25, 0.3) is 0 Å². The number of hydrogen-bond acceptors (Lipinski definition) is 3. The first-order chi connectivity index (χ1) is 6.99. The molecule has 1 fully saturated rings. The lowest BCUT2D eigenvalue weighted by Gasteiger charge is -2.35. The normalized spacial score (nSPS) is 28.9. The van der Waals surface area contributed by atoms with Crippen molar-refractivity contribution >= 4 is 5.91 Å². The molecule has 0 aromatic rings. The van der Waals surface area contributed by atoms with Crippen molar-refractivity contribution in [3.8, 4) is 0 Å². The van der Waals surface area contributed by atoms with Crippen LogP contribution in [0.2, 0.25) is 0 Å². The fourth-order valence-corrected chi connectivity index (χ4v) is 1.89. The Morgan fingerprint density at radius 3 is 2.47 bits per heavy atom. The first-order valence-electron chi connectivity index (χ1n) is 5.68. The molecule has 0 aromatic carbocycles. The molecule has 0 bridgehead atoms. The second-order valence-corrected chi connectivity index (χ2v) is 4.57. The maximum atomic E-state index is 11.8. The number of nitrogens with two attached hydrogens (primary N) is 1. The number of nitrogens with zero attached hydrogens (tertiary/aromatic N) is 1. The van der Waals surface area contributed by atoms with Crippen molar-refractivity contribution in [2.45, 2.75) is 51.9 Å². The van der Waals surface area contributed by atoms with E-state index in [1.165, 1.54) is 0 Å². The summed E-state index contributed by atoms with van der Waals surface area (Å²) in [6, 6.07) is 0.102. The fourth-order valence-electron chi connectivity index (χ4n) is 1.89. The first kappa shape index (κ1) is 12.5. The van der Waals surface area contributed by atoms with Gasteiger partial charge in [0.05, 0.1) is 12.2 Å². The van der Waals surface area contributed by atoms with Crippen molar-refractivity contribution in [2.24, 2.45) is 5.73 Å². The molecule has 1 rings (SSSR count). The Morgan fingerprint density at radius 1 is 1.47 bits per heavy atom. The van der Waals surface area contributed by atoms with Gasteiger partial charge in [0, 0.05) is 25.6 Å². The molecule has 4 nitrogen and oxygen atoms in total. The predicted octanol–water partition coefficient (Wildman–Crippen LogP) is 0.750. The summed E-state index contributed by atoms with van der Waals surface area (Å²) in [6.45, 7) is 7.35. The number of amides is 1. The number of carbonyl (C=O) groups is 1. The standard InChI is InChI=1S/C11H22N2O2/c1-8(12)4-5-11(14)13-6-9(2)15-10(3)7-13/h8-10H,4-7,12H2,1-3H3. The molecule has 1 saturated heterocycles. The van der Waals surface area contributed by atoms with Gasteiger partial charge in [-0.1, -0.05) is 0 Å². The van der Waals surface area contributed by atoms with E-state index in [9.17, 15) is 4.79 Å². The molecule has 0 saturated carbocycles. The molecule has 15 heavy (non-hydrogen) atoms. The van der Waals surface area contributed by atoms with Gasteiger partial charge in [-0.15, -0.1) is 0 Å². The molecule has 3 unspecified atom stereocenters. The monoisotopic (exact) mass is 214 g/mol. The summed E-state index contributed by atoms with van der Waals surface area (Å²) in [5.74, 6) is 0.203. The number of carbonyl (C=O) groups excluding carboxylic acids is 1. The quantitative estimate of drug-likeness (QED) is 0.754. The van der Waals surface area contributed by atoms with Gasteiger partial charge in [-0.3, -0.25) is 4.79 Å². The van der Waals surface area contributed by atoms with Crippen LogP contribution in [0, 0.1) is 0 Å². The van der Waals surface area contributed by atoms with E-state index in [-0.39, 0.29) is 24.2 Å². The van der Waals surface area contributed by atoms with Gasteiger partial charge in [0.2, 0.25) is 5.91 Å². The van der Waals surface area contributed by atoms with Gasteiger partial charge in [-0.05, 0) is 27.2 Å². The van der Waals surface area contributed by atoms with Crippen molar-refractivity contribution in [1.82, 2.24) is 4.90 Å². The minimum atomic E-state index is 0.102. The van der Waals surface area contributed by atoms with Crippen LogP contribution in [-0.2, 0) is 9.53 Å². The summed E-state index contributed by atoms with van der Waals surface area (Å²) in [5, 5.41) is 0. The Morgan fingerprint density at radius 2 is 2.00 bits per heavy atom. The predicted molar refractivity (Wildman–Crippen MR) is 59.5 cm³/mol. The highest BCUT2D eigenvalue weighted by atomic mass is 16.5. The smallest absolute Gasteiger partial charge is 0.222 e. The molecule has 0 aliphatic carbocycles. The minimum Gasteiger partial charge on any atom is -0.372 e. The Hall–Kier alpha value is -0.610. The van der Waals surface area contributed by atoms with Crippen LogP contribution >= 0.6 is 0 Å². The highest BCUT2D eigenvalue weighted by Crippen LogP contribution is 2.12. The second kappa shape index (κ2) is 5.47. The number of hydrogen-bond donors (Lipinski definition) is 1. The highest BCUT2D eigenvalue weighted by Gasteiger charge is 2.25. The Kier molecular flexibility index (Phi) is 4.54.